The molecular weight excluding hydrogens is 366 g/mol. The lowest BCUT2D eigenvalue weighted by molar-refractivity contribution is -0.125. The van der Waals surface area contributed by atoms with Crippen LogP contribution in [-0.2, 0) is 4.79 Å². The van der Waals surface area contributed by atoms with Crippen LogP contribution < -0.4 is 0 Å². The maximum Gasteiger partial charge on any atom is 0.165 e. The quantitative estimate of drug-likeness (QED) is 0.610. The predicted molar refractivity (Wildman–Crippen MR) is 116 cm³/mol. The van der Waals surface area contributed by atoms with Crippen molar-refractivity contribution in [3.05, 3.63) is 41.0 Å². The van der Waals surface area contributed by atoms with E-state index >= 15 is 0 Å². The molecule has 3 rings (SSSR count). The number of benzene rings is 1. The Bertz CT molecular complexity index is 696. The van der Waals surface area contributed by atoms with Gasteiger partial charge in [-0.05, 0) is 48.3 Å². The van der Waals surface area contributed by atoms with Crippen molar-refractivity contribution in [1.29, 1.82) is 0 Å². The van der Waals surface area contributed by atoms with Gasteiger partial charge in [0.2, 0.25) is 0 Å². The molecule has 162 valence electrons. The number of Topliss-reactive ketones (excluding diaryl/α,β-unsaturated/α-hetero) is 1. The molecule has 2 bridgehead atoms. The van der Waals surface area contributed by atoms with Crippen LogP contribution in [0.3, 0.4) is 0 Å². The van der Waals surface area contributed by atoms with Crippen molar-refractivity contribution in [2.75, 3.05) is 39.5 Å². The summed E-state index contributed by atoms with van der Waals surface area (Å²) in [6.45, 7) is 10.5. The summed E-state index contributed by atoms with van der Waals surface area (Å²) in [5.41, 5.74) is 3.44. The van der Waals surface area contributed by atoms with E-state index in [2.05, 4.69) is 58.0 Å². The maximum atomic E-state index is 12.7. The van der Waals surface area contributed by atoms with E-state index < -0.39 is 0 Å². The van der Waals surface area contributed by atoms with E-state index in [0.717, 1.165) is 24.0 Å². The van der Waals surface area contributed by atoms with Crippen molar-refractivity contribution in [1.82, 2.24) is 4.90 Å². The number of hydrogen-bond donors (Lipinski definition) is 3. The minimum Gasteiger partial charge on any atom is -0.395 e. The van der Waals surface area contributed by atoms with Crippen LogP contribution in [0.15, 0.2) is 29.8 Å². The van der Waals surface area contributed by atoms with E-state index in [4.69, 9.17) is 15.3 Å². The van der Waals surface area contributed by atoms with Crippen LogP contribution in [0.1, 0.15) is 44.7 Å². The molecule has 1 aromatic carbocycles. The average molecular weight is 404 g/mol. The van der Waals surface area contributed by atoms with Crippen LogP contribution in [0.2, 0.25) is 0 Å². The molecule has 2 saturated carbocycles. The number of hydrogen-bond acceptors (Lipinski definition) is 5. The van der Waals surface area contributed by atoms with Crippen molar-refractivity contribution >= 4 is 11.9 Å². The van der Waals surface area contributed by atoms with Gasteiger partial charge in [-0.1, -0.05) is 50.6 Å². The molecular formula is C24H37NO4. The number of nitrogens with zero attached hydrogens (tertiary/aromatic N) is 1. The largest absolute Gasteiger partial charge is 0.395 e. The number of carbonyl (C=O) groups is 1. The predicted octanol–water partition coefficient (Wildman–Crippen LogP) is 2.67. The van der Waals surface area contributed by atoms with E-state index in [-0.39, 0.29) is 30.7 Å². The van der Waals surface area contributed by atoms with Crippen LogP contribution in [0, 0.1) is 23.7 Å². The molecule has 2 atom stereocenters. The standard InChI is InChI=1S/C18H22O.C6H15NO3/c1-12-5-7-13(8-6-12)11-14-15-9-10-18(4,16(14)19)17(15,2)3;8-4-1-7(2-5-9)3-6-10/h5-8,11,15H,9-10H2,1-4H3;8-10H,1-6H2/b14-11-;. The van der Waals surface area contributed by atoms with Crippen molar-refractivity contribution in [2.45, 2.75) is 40.5 Å². The molecule has 1 aromatic rings. The highest BCUT2D eigenvalue weighted by molar-refractivity contribution is 6.07. The van der Waals surface area contributed by atoms with Gasteiger partial charge in [0, 0.05) is 25.0 Å². The van der Waals surface area contributed by atoms with Crippen LogP contribution >= 0.6 is 0 Å². The Balaban J connectivity index is 0.000000257. The third-order valence-corrected chi connectivity index (χ3v) is 7.01. The van der Waals surface area contributed by atoms with Gasteiger partial charge in [0.15, 0.2) is 5.78 Å². The van der Waals surface area contributed by atoms with Crippen LogP contribution in [0.25, 0.3) is 6.08 Å². The smallest absolute Gasteiger partial charge is 0.165 e. The zero-order valence-electron chi connectivity index (χ0n) is 18.3. The fourth-order valence-corrected chi connectivity index (χ4v) is 4.70. The minimum atomic E-state index is -0.145. The molecule has 3 N–H and O–H groups in total. The van der Waals surface area contributed by atoms with Gasteiger partial charge in [0.1, 0.15) is 0 Å². The molecule has 5 heteroatoms. The number of carbonyl (C=O) groups excluding carboxylic acids is 1. The molecule has 0 spiro atoms. The lowest BCUT2D eigenvalue weighted by atomic mass is 9.70. The van der Waals surface area contributed by atoms with Crippen molar-refractivity contribution in [3.63, 3.8) is 0 Å². The molecule has 0 radical (unpaired) electrons. The van der Waals surface area contributed by atoms with Crippen LogP contribution in [0.4, 0.5) is 0 Å². The van der Waals surface area contributed by atoms with Crippen molar-refractivity contribution in [2.24, 2.45) is 16.7 Å². The zero-order chi connectivity index (χ0) is 21.7. The summed E-state index contributed by atoms with van der Waals surface area (Å²) < 4.78 is 0. The number of allylic oxidation sites excluding steroid dienone is 1. The third kappa shape index (κ3) is 4.97. The monoisotopic (exact) mass is 403 g/mol. The van der Waals surface area contributed by atoms with Crippen LogP contribution in [0.5, 0.6) is 0 Å². The number of aliphatic hydroxyl groups is 3. The lowest BCUT2D eigenvalue weighted by Crippen LogP contribution is -2.32. The number of rotatable bonds is 7. The normalized spacial score (nSPS) is 26.1. The van der Waals surface area contributed by atoms with E-state index in [1.165, 1.54) is 5.56 Å². The molecule has 0 amide bonds. The molecule has 2 aliphatic rings. The van der Waals surface area contributed by atoms with E-state index in [1.807, 2.05) is 0 Å². The summed E-state index contributed by atoms with van der Waals surface area (Å²) in [6, 6.07) is 8.43. The van der Waals surface area contributed by atoms with Gasteiger partial charge in [-0.3, -0.25) is 9.69 Å². The Morgan fingerprint density at radius 2 is 1.52 bits per heavy atom. The topological polar surface area (TPSA) is 81.0 Å². The molecule has 0 aliphatic heterocycles. The first-order chi connectivity index (χ1) is 13.7. The fraction of sp³-hybridized carbons (Fsp3) is 0.625. The molecule has 29 heavy (non-hydrogen) atoms. The Kier molecular flexibility index (Phi) is 8.18. The van der Waals surface area contributed by atoms with Crippen LogP contribution in [-0.4, -0.2) is 65.5 Å². The molecule has 0 saturated heterocycles. The number of aliphatic hydroxyl groups excluding tert-OH is 3. The highest BCUT2D eigenvalue weighted by Crippen LogP contribution is 2.65. The van der Waals surface area contributed by atoms with Gasteiger partial charge < -0.3 is 15.3 Å². The second-order valence-corrected chi connectivity index (χ2v) is 9.00. The summed E-state index contributed by atoms with van der Waals surface area (Å²) >= 11 is 0. The Morgan fingerprint density at radius 1 is 1.00 bits per heavy atom. The molecule has 0 heterocycles. The SMILES string of the molecule is Cc1ccc(/C=C2\C(=O)C3(C)CCC2C3(C)C)cc1.OCCN(CCO)CCO. The summed E-state index contributed by atoms with van der Waals surface area (Å²) in [5.74, 6) is 0.820. The lowest BCUT2D eigenvalue weighted by Gasteiger charge is -2.31. The van der Waals surface area contributed by atoms with Gasteiger partial charge in [0.25, 0.3) is 0 Å². The highest BCUT2D eigenvalue weighted by Gasteiger charge is 2.63. The first-order valence-corrected chi connectivity index (χ1v) is 10.6. The molecule has 2 aliphatic carbocycles. The first-order valence-electron chi connectivity index (χ1n) is 10.6. The number of ketones is 1. The minimum absolute atomic E-state index is 0.0694. The van der Waals surface area contributed by atoms with Crippen molar-refractivity contribution in [3.8, 4) is 0 Å². The molecule has 2 fully saturated rings. The summed E-state index contributed by atoms with van der Waals surface area (Å²) in [4.78, 5) is 14.5. The number of fused-ring (bicyclic) bond motifs is 2. The van der Waals surface area contributed by atoms with E-state index in [0.29, 0.717) is 31.3 Å². The van der Waals surface area contributed by atoms with Crippen molar-refractivity contribution < 1.29 is 20.1 Å². The maximum absolute atomic E-state index is 12.7. The summed E-state index contributed by atoms with van der Waals surface area (Å²) in [6.07, 6.45) is 4.33. The Hall–Kier alpha value is -1.53. The van der Waals surface area contributed by atoms with E-state index in [1.54, 1.807) is 4.90 Å². The Labute approximate surface area is 175 Å². The Morgan fingerprint density at radius 3 is 1.93 bits per heavy atom. The third-order valence-electron chi connectivity index (χ3n) is 7.01. The highest BCUT2D eigenvalue weighted by atomic mass is 16.3. The summed E-state index contributed by atoms with van der Waals surface area (Å²) in [7, 11) is 0. The molecule has 5 nitrogen and oxygen atoms in total. The fourth-order valence-electron chi connectivity index (χ4n) is 4.70. The van der Waals surface area contributed by atoms with Gasteiger partial charge in [-0.15, -0.1) is 0 Å². The van der Waals surface area contributed by atoms with E-state index in [9.17, 15) is 4.79 Å². The number of aryl methyl sites for hydroxylation is 1. The average Bonchev–Trinajstić information content (AvgIpc) is 2.98. The van der Waals surface area contributed by atoms with Gasteiger partial charge in [-0.25, -0.2) is 0 Å². The molecule has 2 unspecified atom stereocenters. The first kappa shape index (κ1) is 23.7. The second-order valence-electron chi connectivity index (χ2n) is 9.00. The van der Waals surface area contributed by atoms with Gasteiger partial charge in [-0.2, -0.15) is 0 Å². The summed E-state index contributed by atoms with van der Waals surface area (Å²) in [5, 5.41) is 25.5. The van der Waals surface area contributed by atoms with Gasteiger partial charge in [0.05, 0.1) is 19.8 Å². The van der Waals surface area contributed by atoms with Gasteiger partial charge >= 0.3 is 0 Å². The second kappa shape index (κ2) is 9.98. The zero-order valence-corrected chi connectivity index (χ0v) is 18.3. The molecule has 0 aromatic heterocycles.